The average molecular weight is 201 g/mol. The van der Waals surface area contributed by atoms with Crippen LogP contribution in [0.3, 0.4) is 0 Å². The first-order valence-corrected chi connectivity index (χ1v) is 5.32. The SMILES string of the molecule is CC(C)CCCCC(C)(C)OC(N)=O. The topological polar surface area (TPSA) is 52.3 Å². The Morgan fingerprint density at radius 3 is 2.36 bits per heavy atom. The third-order valence-corrected chi connectivity index (χ3v) is 2.19. The van der Waals surface area contributed by atoms with Crippen LogP contribution >= 0.6 is 0 Å². The van der Waals surface area contributed by atoms with Crippen LogP contribution in [-0.2, 0) is 4.74 Å². The van der Waals surface area contributed by atoms with Crippen molar-refractivity contribution in [1.29, 1.82) is 0 Å². The zero-order valence-corrected chi connectivity index (χ0v) is 9.80. The number of carbonyl (C=O) groups is 1. The minimum absolute atomic E-state index is 0.414. The molecule has 3 nitrogen and oxygen atoms in total. The summed E-state index contributed by atoms with van der Waals surface area (Å²) in [6, 6.07) is 0. The van der Waals surface area contributed by atoms with Gasteiger partial charge in [-0.15, -0.1) is 0 Å². The van der Waals surface area contributed by atoms with Gasteiger partial charge in [-0.1, -0.05) is 26.7 Å². The molecule has 0 aliphatic rings. The third-order valence-electron chi connectivity index (χ3n) is 2.19. The summed E-state index contributed by atoms with van der Waals surface area (Å²) in [5, 5.41) is 0. The van der Waals surface area contributed by atoms with Gasteiger partial charge in [-0.25, -0.2) is 4.79 Å². The molecule has 0 spiro atoms. The van der Waals surface area contributed by atoms with Crippen molar-refractivity contribution in [3.8, 4) is 0 Å². The van der Waals surface area contributed by atoms with E-state index in [1.807, 2.05) is 13.8 Å². The van der Waals surface area contributed by atoms with E-state index in [0.717, 1.165) is 18.8 Å². The van der Waals surface area contributed by atoms with E-state index in [1.54, 1.807) is 0 Å². The largest absolute Gasteiger partial charge is 0.444 e. The molecule has 0 unspecified atom stereocenters. The van der Waals surface area contributed by atoms with Crippen LogP contribution in [0.25, 0.3) is 0 Å². The van der Waals surface area contributed by atoms with Crippen LogP contribution in [0.2, 0.25) is 0 Å². The van der Waals surface area contributed by atoms with E-state index in [1.165, 1.54) is 12.8 Å². The summed E-state index contributed by atoms with van der Waals surface area (Å²) in [6.45, 7) is 8.22. The van der Waals surface area contributed by atoms with Crippen molar-refractivity contribution in [3.05, 3.63) is 0 Å². The number of unbranched alkanes of at least 4 members (excludes halogenated alkanes) is 1. The molecule has 0 fully saturated rings. The van der Waals surface area contributed by atoms with Gasteiger partial charge in [0, 0.05) is 0 Å². The van der Waals surface area contributed by atoms with Crippen LogP contribution < -0.4 is 5.73 Å². The third kappa shape index (κ3) is 7.90. The van der Waals surface area contributed by atoms with Crippen molar-refractivity contribution >= 4 is 6.09 Å². The summed E-state index contributed by atoms with van der Waals surface area (Å²) in [7, 11) is 0. The van der Waals surface area contributed by atoms with Crippen LogP contribution in [0, 0.1) is 5.92 Å². The Balaban J connectivity index is 3.60. The van der Waals surface area contributed by atoms with Gasteiger partial charge in [-0.3, -0.25) is 0 Å². The number of amides is 1. The smallest absolute Gasteiger partial charge is 0.405 e. The molecule has 1 amide bonds. The molecule has 0 rings (SSSR count). The Morgan fingerprint density at radius 2 is 1.93 bits per heavy atom. The fourth-order valence-corrected chi connectivity index (χ4v) is 1.43. The second-order valence-electron chi connectivity index (χ2n) is 4.82. The molecule has 0 saturated heterocycles. The standard InChI is InChI=1S/C11H23NO2/c1-9(2)7-5-6-8-11(3,4)14-10(12)13/h9H,5-8H2,1-4H3,(H2,12,13). The second kappa shape index (κ2) is 5.89. The molecule has 0 aliphatic carbocycles. The zero-order valence-electron chi connectivity index (χ0n) is 9.80. The van der Waals surface area contributed by atoms with Gasteiger partial charge in [0.15, 0.2) is 0 Å². The highest BCUT2D eigenvalue weighted by molar-refractivity contribution is 5.65. The number of rotatable bonds is 6. The maximum Gasteiger partial charge on any atom is 0.405 e. The summed E-state index contributed by atoms with van der Waals surface area (Å²) in [5.74, 6) is 0.746. The van der Waals surface area contributed by atoms with E-state index in [-0.39, 0.29) is 0 Å². The van der Waals surface area contributed by atoms with Crippen molar-refractivity contribution in [3.63, 3.8) is 0 Å². The molecule has 14 heavy (non-hydrogen) atoms. The summed E-state index contributed by atoms with van der Waals surface area (Å²) in [6.07, 6.45) is 3.69. The molecular weight excluding hydrogens is 178 g/mol. The number of ether oxygens (including phenoxy) is 1. The molecule has 2 N–H and O–H groups in total. The molecule has 0 aromatic carbocycles. The molecule has 0 atom stereocenters. The lowest BCUT2D eigenvalue weighted by atomic mass is 9.98. The van der Waals surface area contributed by atoms with Crippen molar-refractivity contribution in [2.24, 2.45) is 11.7 Å². The Labute approximate surface area is 87.0 Å². The van der Waals surface area contributed by atoms with Crippen LogP contribution in [0.15, 0.2) is 0 Å². The number of nitrogens with two attached hydrogens (primary N) is 1. The molecule has 84 valence electrons. The van der Waals surface area contributed by atoms with Crippen molar-refractivity contribution < 1.29 is 9.53 Å². The number of carbonyl (C=O) groups excluding carboxylic acids is 1. The molecule has 0 aromatic rings. The number of primary amides is 1. The minimum Gasteiger partial charge on any atom is -0.444 e. The Kier molecular flexibility index (Phi) is 5.58. The van der Waals surface area contributed by atoms with Crippen molar-refractivity contribution in [2.45, 2.75) is 59.0 Å². The molecule has 0 bridgehead atoms. The van der Waals surface area contributed by atoms with Crippen molar-refractivity contribution in [2.75, 3.05) is 0 Å². The zero-order chi connectivity index (χ0) is 11.2. The van der Waals surface area contributed by atoms with Crippen LogP contribution in [0.5, 0.6) is 0 Å². The lowest BCUT2D eigenvalue weighted by Gasteiger charge is -2.23. The van der Waals surface area contributed by atoms with Gasteiger partial charge < -0.3 is 10.5 Å². The normalized spacial score (nSPS) is 11.8. The van der Waals surface area contributed by atoms with Gasteiger partial charge in [0.1, 0.15) is 5.60 Å². The van der Waals surface area contributed by atoms with Gasteiger partial charge in [-0.2, -0.15) is 0 Å². The molecule has 3 heteroatoms. The van der Waals surface area contributed by atoms with Crippen molar-refractivity contribution in [1.82, 2.24) is 0 Å². The molecule has 0 saturated carbocycles. The summed E-state index contributed by atoms with van der Waals surface area (Å²) in [4.78, 5) is 10.6. The van der Waals surface area contributed by atoms with E-state index in [9.17, 15) is 4.79 Å². The summed E-state index contributed by atoms with van der Waals surface area (Å²) < 4.78 is 4.98. The van der Waals surface area contributed by atoms with E-state index in [2.05, 4.69) is 13.8 Å². The quantitative estimate of drug-likeness (QED) is 0.671. The maximum atomic E-state index is 10.6. The fraction of sp³-hybridized carbons (Fsp3) is 0.909. The summed E-state index contributed by atoms with van der Waals surface area (Å²) in [5.41, 5.74) is 4.56. The van der Waals surface area contributed by atoms with E-state index in [4.69, 9.17) is 10.5 Å². The second-order valence-corrected chi connectivity index (χ2v) is 4.82. The Hall–Kier alpha value is -0.730. The minimum atomic E-state index is -0.682. The number of hydrogen-bond acceptors (Lipinski definition) is 2. The van der Waals surface area contributed by atoms with Gasteiger partial charge in [0.25, 0.3) is 0 Å². The van der Waals surface area contributed by atoms with E-state index in [0.29, 0.717) is 0 Å². The fourth-order valence-electron chi connectivity index (χ4n) is 1.43. The first-order chi connectivity index (χ1) is 6.33. The summed E-state index contributed by atoms with van der Waals surface area (Å²) >= 11 is 0. The maximum absolute atomic E-state index is 10.6. The van der Waals surface area contributed by atoms with Gasteiger partial charge in [0.05, 0.1) is 0 Å². The van der Waals surface area contributed by atoms with Gasteiger partial charge in [0.2, 0.25) is 0 Å². The van der Waals surface area contributed by atoms with E-state index < -0.39 is 11.7 Å². The number of hydrogen-bond donors (Lipinski definition) is 1. The van der Waals surface area contributed by atoms with Crippen LogP contribution in [0.1, 0.15) is 53.4 Å². The van der Waals surface area contributed by atoms with Gasteiger partial charge in [-0.05, 0) is 32.6 Å². The highest BCUT2D eigenvalue weighted by Gasteiger charge is 2.20. The predicted molar refractivity (Wildman–Crippen MR) is 58.1 cm³/mol. The lowest BCUT2D eigenvalue weighted by molar-refractivity contribution is 0.0370. The monoisotopic (exact) mass is 201 g/mol. The molecule has 0 aliphatic heterocycles. The first kappa shape index (κ1) is 13.3. The molecular formula is C11H23NO2. The Bertz CT molecular complexity index is 176. The van der Waals surface area contributed by atoms with Crippen LogP contribution in [-0.4, -0.2) is 11.7 Å². The van der Waals surface area contributed by atoms with E-state index >= 15 is 0 Å². The predicted octanol–water partition coefficient (Wildman–Crippen LogP) is 3.08. The van der Waals surface area contributed by atoms with Crippen LogP contribution in [0.4, 0.5) is 4.79 Å². The molecule has 0 aromatic heterocycles. The molecule has 0 heterocycles. The highest BCUT2D eigenvalue weighted by atomic mass is 16.6. The van der Waals surface area contributed by atoms with Gasteiger partial charge >= 0.3 is 6.09 Å². The first-order valence-electron chi connectivity index (χ1n) is 5.32. The Morgan fingerprint density at radius 1 is 1.36 bits per heavy atom. The lowest BCUT2D eigenvalue weighted by Crippen LogP contribution is -2.30. The average Bonchev–Trinajstić information content (AvgIpc) is 1.95. The molecule has 0 radical (unpaired) electrons. The highest BCUT2D eigenvalue weighted by Crippen LogP contribution is 2.19.